The molecule has 2 heterocycles. The molecule has 2 aliphatic heterocycles. The van der Waals surface area contributed by atoms with Crippen LogP contribution in [0, 0.1) is 5.82 Å². The Bertz CT molecular complexity index is 636. The number of hydrogen-bond acceptors (Lipinski definition) is 5. The van der Waals surface area contributed by atoms with E-state index in [-0.39, 0.29) is 5.75 Å². The number of allylic oxidation sites excluding steroid dienone is 2. The Morgan fingerprint density at radius 2 is 1.65 bits per heavy atom. The number of aliphatic imine (C=N–C) groups is 2. The normalized spacial score (nSPS) is 17.1. The maximum atomic E-state index is 14.3. The zero-order valence-electron chi connectivity index (χ0n) is 10.6. The lowest BCUT2D eigenvalue weighted by atomic mass is 10.2. The molecule has 1 aromatic carbocycles. The predicted octanol–water partition coefficient (Wildman–Crippen LogP) is 2.26. The molecule has 6 heteroatoms. The smallest absolute Gasteiger partial charge is 0.152 e. The van der Waals surface area contributed by atoms with Crippen molar-refractivity contribution >= 4 is 23.8 Å². The van der Waals surface area contributed by atoms with Crippen molar-refractivity contribution < 1.29 is 9.50 Å². The topological polar surface area (TPSA) is 51.4 Å². The first kappa shape index (κ1) is 12.4. The molecule has 0 bridgehead atoms. The van der Waals surface area contributed by atoms with Gasteiger partial charge in [0.05, 0.1) is 5.69 Å². The molecule has 20 heavy (non-hydrogen) atoms. The maximum absolute atomic E-state index is 14.3. The number of aromatic hydroxyl groups is 1. The summed E-state index contributed by atoms with van der Waals surface area (Å²) in [5, 5.41) is 9.65. The second-order valence-corrected chi connectivity index (χ2v) is 4.36. The van der Waals surface area contributed by atoms with Gasteiger partial charge in [0.25, 0.3) is 0 Å². The Hall–Kier alpha value is -2.63. The third-order valence-electron chi connectivity index (χ3n) is 3.01. The Morgan fingerprint density at radius 3 is 2.25 bits per heavy atom. The molecule has 0 atom stereocenters. The molecule has 0 aromatic heterocycles. The van der Waals surface area contributed by atoms with Gasteiger partial charge in [-0.15, -0.1) is 0 Å². The van der Waals surface area contributed by atoms with E-state index >= 15 is 0 Å². The Morgan fingerprint density at radius 1 is 1.00 bits per heavy atom. The monoisotopic (exact) mass is 272 g/mol. The summed E-state index contributed by atoms with van der Waals surface area (Å²) in [6, 6.07) is 2.62. The summed E-state index contributed by atoms with van der Waals surface area (Å²) in [5.41, 5.74) is 0.926. The summed E-state index contributed by atoms with van der Waals surface area (Å²) in [6.07, 6.45) is 10.4. The average molecular weight is 272 g/mol. The van der Waals surface area contributed by atoms with Gasteiger partial charge in [0.15, 0.2) is 5.82 Å². The molecule has 5 nitrogen and oxygen atoms in total. The maximum Gasteiger partial charge on any atom is 0.152 e. The number of phenolic OH excluding ortho intramolecular Hbond substituents is 1. The molecule has 0 fully saturated rings. The molecular weight excluding hydrogens is 259 g/mol. The standard InChI is InChI=1S/C14H13FN4O/c15-12-7-11(20)8-13(18-5-1-3-16-9-18)14(12)19-6-2-4-17-10-19/h1-8,20H,9-10H2. The van der Waals surface area contributed by atoms with Crippen molar-refractivity contribution in [3.8, 4) is 5.75 Å². The molecule has 2 aliphatic rings. The van der Waals surface area contributed by atoms with Crippen LogP contribution in [0.2, 0.25) is 0 Å². The molecule has 0 spiro atoms. The van der Waals surface area contributed by atoms with Gasteiger partial charge in [-0.3, -0.25) is 9.98 Å². The van der Waals surface area contributed by atoms with Gasteiger partial charge in [0.2, 0.25) is 0 Å². The van der Waals surface area contributed by atoms with Gasteiger partial charge in [-0.25, -0.2) is 4.39 Å². The largest absolute Gasteiger partial charge is 0.508 e. The van der Waals surface area contributed by atoms with Gasteiger partial charge in [-0.1, -0.05) is 0 Å². The van der Waals surface area contributed by atoms with Crippen molar-refractivity contribution in [3.63, 3.8) is 0 Å². The zero-order chi connectivity index (χ0) is 13.9. The highest BCUT2D eigenvalue weighted by Gasteiger charge is 2.20. The van der Waals surface area contributed by atoms with E-state index < -0.39 is 5.82 Å². The molecule has 1 aromatic rings. The number of anilines is 2. The van der Waals surface area contributed by atoms with E-state index in [1.807, 2.05) is 0 Å². The van der Waals surface area contributed by atoms with Crippen LogP contribution in [0.4, 0.5) is 15.8 Å². The lowest BCUT2D eigenvalue weighted by Gasteiger charge is -2.29. The number of halogens is 1. The molecule has 0 aliphatic carbocycles. The Balaban J connectivity index is 2.07. The van der Waals surface area contributed by atoms with Crippen molar-refractivity contribution in [3.05, 3.63) is 42.5 Å². The minimum Gasteiger partial charge on any atom is -0.508 e. The van der Waals surface area contributed by atoms with Gasteiger partial charge in [0, 0.05) is 37.0 Å². The van der Waals surface area contributed by atoms with Crippen molar-refractivity contribution in [1.82, 2.24) is 0 Å². The fourth-order valence-corrected chi connectivity index (χ4v) is 2.15. The number of rotatable bonds is 2. The fraction of sp³-hybridized carbons (Fsp3) is 0.143. The Kier molecular flexibility index (Phi) is 3.20. The van der Waals surface area contributed by atoms with E-state index in [9.17, 15) is 9.50 Å². The van der Waals surface area contributed by atoms with Crippen LogP contribution in [0.25, 0.3) is 0 Å². The number of hydrogen-bond donors (Lipinski definition) is 1. The fourth-order valence-electron chi connectivity index (χ4n) is 2.15. The van der Waals surface area contributed by atoms with Crippen molar-refractivity contribution in [2.24, 2.45) is 9.98 Å². The minimum absolute atomic E-state index is 0.117. The zero-order valence-corrected chi connectivity index (χ0v) is 10.6. The van der Waals surface area contributed by atoms with Crippen LogP contribution in [0.15, 0.2) is 46.7 Å². The van der Waals surface area contributed by atoms with Crippen LogP contribution in [0.1, 0.15) is 0 Å². The molecule has 0 unspecified atom stereocenters. The summed E-state index contributed by atoms with van der Waals surface area (Å²) in [7, 11) is 0. The van der Waals surface area contributed by atoms with Crippen LogP contribution in [-0.2, 0) is 0 Å². The highest BCUT2D eigenvalue weighted by molar-refractivity contribution is 5.81. The summed E-state index contributed by atoms with van der Waals surface area (Å²) in [5.74, 6) is -0.613. The third kappa shape index (κ3) is 2.27. The van der Waals surface area contributed by atoms with Gasteiger partial charge in [-0.2, -0.15) is 0 Å². The van der Waals surface area contributed by atoms with Crippen molar-refractivity contribution in [2.75, 3.05) is 23.1 Å². The van der Waals surface area contributed by atoms with E-state index in [0.29, 0.717) is 24.7 Å². The molecule has 0 amide bonds. The first-order chi connectivity index (χ1) is 9.75. The summed E-state index contributed by atoms with van der Waals surface area (Å²) < 4.78 is 14.3. The van der Waals surface area contributed by atoms with Crippen molar-refractivity contribution in [1.29, 1.82) is 0 Å². The van der Waals surface area contributed by atoms with Crippen LogP contribution < -0.4 is 9.80 Å². The molecular formula is C14H13FN4O. The molecule has 0 saturated heterocycles. The lowest BCUT2D eigenvalue weighted by Crippen LogP contribution is -2.25. The van der Waals surface area contributed by atoms with Crippen LogP contribution in [0.3, 0.4) is 0 Å². The third-order valence-corrected chi connectivity index (χ3v) is 3.01. The van der Waals surface area contributed by atoms with Crippen LogP contribution in [-0.4, -0.2) is 30.9 Å². The first-order valence-electron chi connectivity index (χ1n) is 6.15. The van der Waals surface area contributed by atoms with E-state index in [2.05, 4.69) is 9.98 Å². The summed E-state index contributed by atoms with van der Waals surface area (Å²) in [6.45, 7) is 0.721. The number of nitrogens with zero attached hydrogens (tertiary/aromatic N) is 4. The van der Waals surface area contributed by atoms with Gasteiger partial charge in [0.1, 0.15) is 24.8 Å². The van der Waals surface area contributed by atoms with E-state index in [0.717, 1.165) is 6.07 Å². The molecule has 3 rings (SSSR count). The number of phenols is 1. The average Bonchev–Trinajstić information content (AvgIpc) is 2.48. The molecule has 102 valence electrons. The second kappa shape index (κ2) is 5.16. The highest BCUT2D eigenvalue weighted by Crippen LogP contribution is 2.37. The summed E-state index contributed by atoms with van der Waals surface area (Å²) >= 11 is 0. The molecule has 1 N–H and O–H groups in total. The SMILES string of the molecule is Oc1cc(F)c(N2C=CC=NC2)c(N2C=CC=NC2)c1. The van der Waals surface area contributed by atoms with E-state index in [1.165, 1.54) is 6.07 Å². The second-order valence-electron chi connectivity index (χ2n) is 4.36. The van der Waals surface area contributed by atoms with Crippen LogP contribution >= 0.6 is 0 Å². The molecule has 0 radical (unpaired) electrons. The number of benzene rings is 1. The minimum atomic E-state index is -0.496. The van der Waals surface area contributed by atoms with Crippen molar-refractivity contribution in [2.45, 2.75) is 0 Å². The van der Waals surface area contributed by atoms with Crippen LogP contribution in [0.5, 0.6) is 5.75 Å². The first-order valence-corrected chi connectivity index (χ1v) is 6.15. The van der Waals surface area contributed by atoms with E-state index in [4.69, 9.17) is 0 Å². The van der Waals surface area contributed by atoms with Gasteiger partial charge in [-0.05, 0) is 12.2 Å². The van der Waals surface area contributed by atoms with Gasteiger partial charge < -0.3 is 14.9 Å². The summed E-state index contributed by atoms with van der Waals surface area (Å²) in [4.78, 5) is 11.7. The Labute approximate surface area is 115 Å². The lowest BCUT2D eigenvalue weighted by molar-refractivity contribution is 0.469. The highest BCUT2D eigenvalue weighted by atomic mass is 19.1. The van der Waals surface area contributed by atoms with Gasteiger partial charge >= 0.3 is 0 Å². The van der Waals surface area contributed by atoms with E-state index in [1.54, 1.807) is 46.8 Å². The quantitative estimate of drug-likeness (QED) is 0.898. The molecule has 0 saturated carbocycles. The predicted molar refractivity (Wildman–Crippen MR) is 78.0 cm³/mol.